The number of carboxylic acid groups (broad SMARTS) is 1. The standard InChI is InChI=1S/C15H15FN6O7S2/c16-4-29-21-7(6-3-31-14(17)19-6)10(23)20-8-11(24)22-9(13(25)26)5(1-28-15(18)27)2-30-12(8)22/h3,8,12H,1-2,4H2,(H2,17,19)(H2,18,27)(H,20,23)(H,25,26)/b21-7-/t8-,12-/m1/s1. The van der Waals surface area contributed by atoms with Gasteiger partial charge in [0.2, 0.25) is 0 Å². The number of alkyl halides is 1. The average Bonchev–Trinajstić information content (AvgIpc) is 3.15. The van der Waals surface area contributed by atoms with E-state index in [-0.39, 0.29) is 34.5 Å². The highest BCUT2D eigenvalue weighted by Gasteiger charge is 2.54. The number of hydrogen-bond acceptors (Lipinski definition) is 11. The lowest BCUT2D eigenvalue weighted by molar-refractivity contribution is -0.150. The zero-order valence-corrected chi connectivity index (χ0v) is 17.1. The summed E-state index contributed by atoms with van der Waals surface area (Å²) in [5, 5.41) is 16.1. The number of aliphatic carboxylic acids is 1. The van der Waals surface area contributed by atoms with E-state index in [1.54, 1.807) is 0 Å². The van der Waals surface area contributed by atoms with Gasteiger partial charge in [0.15, 0.2) is 10.8 Å². The summed E-state index contributed by atoms with van der Waals surface area (Å²) in [4.78, 5) is 56.9. The maximum Gasteiger partial charge on any atom is 0.404 e. The molecule has 1 aromatic heterocycles. The summed E-state index contributed by atoms with van der Waals surface area (Å²) in [6.07, 6.45) is -1.09. The Morgan fingerprint density at radius 2 is 2.19 bits per heavy atom. The quantitative estimate of drug-likeness (QED) is 0.210. The van der Waals surface area contributed by atoms with Crippen molar-refractivity contribution in [1.29, 1.82) is 0 Å². The van der Waals surface area contributed by atoms with E-state index in [1.165, 1.54) is 5.38 Å². The normalized spacial score (nSPS) is 20.6. The molecule has 6 N–H and O–H groups in total. The Hall–Kier alpha value is -3.40. The molecule has 0 radical (unpaired) electrons. The van der Waals surface area contributed by atoms with Gasteiger partial charge in [0.1, 0.15) is 29.4 Å². The minimum Gasteiger partial charge on any atom is -0.477 e. The number of nitrogens with one attached hydrogen (secondary N) is 1. The highest BCUT2D eigenvalue weighted by atomic mass is 32.2. The fourth-order valence-corrected chi connectivity index (χ4v) is 4.73. The molecular weight excluding hydrogens is 459 g/mol. The number of ether oxygens (including phenoxy) is 1. The molecule has 2 aliphatic rings. The third-order valence-electron chi connectivity index (χ3n) is 4.11. The molecule has 1 fully saturated rings. The Morgan fingerprint density at radius 3 is 2.77 bits per heavy atom. The fraction of sp³-hybridized carbons (Fsp3) is 0.333. The summed E-state index contributed by atoms with van der Waals surface area (Å²) >= 11 is 2.16. The molecule has 0 unspecified atom stereocenters. The van der Waals surface area contributed by atoms with E-state index >= 15 is 0 Å². The number of nitrogen functional groups attached to an aromatic ring is 1. The molecule has 166 valence electrons. The van der Waals surface area contributed by atoms with Gasteiger partial charge in [0.25, 0.3) is 18.7 Å². The third kappa shape index (κ3) is 4.53. The molecule has 2 aliphatic heterocycles. The van der Waals surface area contributed by atoms with Crippen LogP contribution in [0.15, 0.2) is 21.8 Å². The number of thiazole rings is 1. The van der Waals surface area contributed by atoms with Crippen LogP contribution in [0.2, 0.25) is 0 Å². The fourth-order valence-electron chi connectivity index (χ4n) is 2.85. The van der Waals surface area contributed by atoms with E-state index in [0.29, 0.717) is 0 Å². The molecular formula is C15H15FN6O7S2. The number of anilines is 1. The first-order valence-electron chi connectivity index (χ1n) is 8.35. The van der Waals surface area contributed by atoms with Crippen LogP contribution in [0.1, 0.15) is 5.69 Å². The first-order chi connectivity index (χ1) is 14.7. The number of amides is 3. The lowest BCUT2D eigenvalue weighted by Crippen LogP contribution is -2.71. The van der Waals surface area contributed by atoms with E-state index in [4.69, 9.17) is 11.5 Å². The molecule has 13 nitrogen and oxygen atoms in total. The van der Waals surface area contributed by atoms with Gasteiger partial charge in [-0.1, -0.05) is 5.16 Å². The second kappa shape index (κ2) is 9.17. The first kappa shape index (κ1) is 22.3. The molecule has 3 heterocycles. The van der Waals surface area contributed by atoms with Gasteiger partial charge >= 0.3 is 12.1 Å². The van der Waals surface area contributed by atoms with Crippen LogP contribution in [-0.2, 0) is 24.0 Å². The van der Waals surface area contributed by atoms with Gasteiger partial charge < -0.3 is 31.5 Å². The van der Waals surface area contributed by atoms with E-state index in [2.05, 4.69) is 25.0 Å². The lowest BCUT2D eigenvalue weighted by Gasteiger charge is -2.49. The van der Waals surface area contributed by atoms with Crippen LogP contribution in [0, 0.1) is 0 Å². The van der Waals surface area contributed by atoms with Gasteiger partial charge in [-0.25, -0.2) is 19.0 Å². The molecule has 0 spiro atoms. The topological polar surface area (TPSA) is 200 Å². The van der Waals surface area contributed by atoms with Crippen molar-refractivity contribution >= 4 is 57.8 Å². The molecule has 1 aromatic rings. The van der Waals surface area contributed by atoms with Crippen LogP contribution in [0.4, 0.5) is 14.3 Å². The predicted molar refractivity (Wildman–Crippen MR) is 105 cm³/mol. The van der Waals surface area contributed by atoms with Gasteiger partial charge in [-0.2, -0.15) is 0 Å². The summed E-state index contributed by atoms with van der Waals surface area (Å²) in [5.41, 5.74) is 9.89. The second-order valence-corrected chi connectivity index (χ2v) is 7.97. The molecule has 0 saturated carbocycles. The van der Waals surface area contributed by atoms with Gasteiger partial charge in [0.05, 0.1) is 0 Å². The molecule has 3 rings (SSSR count). The Kier molecular flexibility index (Phi) is 6.59. The molecule has 16 heteroatoms. The van der Waals surface area contributed by atoms with Gasteiger partial charge in [-0.15, -0.1) is 23.1 Å². The van der Waals surface area contributed by atoms with Crippen LogP contribution in [-0.4, -0.2) is 75.2 Å². The Bertz CT molecular complexity index is 996. The summed E-state index contributed by atoms with van der Waals surface area (Å²) in [6, 6.07) is -1.09. The summed E-state index contributed by atoms with van der Waals surface area (Å²) in [6.45, 7) is -1.69. The summed E-state index contributed by atoms with van der Waals surface area (Å²) in [7, 11) is 0. The van der Waals surface area contributed by atoms with E-state index in [9.17, 15) is 28.7 Å². The minimum atomic E-state index is -1.40. The minimum absolute atomic E-state index is 0.0189. The Balaban J connectivity index is 1.78. The Labute approximate surface area is 181 Å². The zero-order chi connectivity index (χ0) is 22.7. The van der Waals surface area contributed by atoms with Crippen molar-refractivity contribution in [2.24, 2.45) is 10.9 Å². The summed E-state index contributed by atoms with van der Waals surface area (Å²) < 4.78 is 17.0. The number of primary amides is 1. The number of hydrogen-bond donors (Lipinski definition) is 4. The molecule has 31 heavy (non-hydrogen) atoms. The van der Waals surface area contributed by atoms with E-state index in [0.717, 1.165) is 28.0 Å². The highest BCUT2D eigenvalue weighted by Crippen LogP contribution is 2.40. The number of fused-ring (bicyclic) bond motifs is 1. The smallest absolute Gasteiger partial charge is 0.404 e. The maximum absolute atomic E-state index is 12.6. The number of oxime groups is 1. The van der Waals surface area contributed by atoms with Crippen molar-refractivity contribution in [2.75, 3.05) is 25.0 Å². The molecule has 0 aromatic carbocycles. The second-order valence-electron chi connectivity index (χ2n) is 5.98. The number of halogens is 1. The van der Waals surface area contributed by atoms with Gasteiger partial charge in [0, 0.05) is 16.7 Å². The number of nitrogens with two attached hydrogens (primary N) is 2. The zero-order valence-electron chi connectivity index (χ0n) is 15.4. The lowest BCUT2D eigenvalue weighted by atomic mass is 10.0. The van der Waals surface area contributed by atoms with Crippen molar-refractivity contribution in [3.63, 3.8) is 0 Å². The van der Waals surface area contributed by atoms with E-state index in [1.807, 2.05) is 0 Å². The number of aromatic nitrogens is 1. The van der Waals surface area contributed by atoms with Crippen molar-refractivity contribution in [3.05, 3.63) is 22.3 Å². The number of β-lactam (4-membered cyclic amide) rings is 1. The average molecular weight is 474 g/mol. The monoisotopic (exact) mass is 474 g/mol. The van der Waals surface area contributed by atoms with Gasteiger partial charge in [-0.05, 0) is 0 Å². The molecule has 2 atom stereocenters. The molecule has 3 amide bonds. The van der Waals surface area contributed by atoms with Crippen LogP contribution in [0.25, 0.3) is 0 Å². The number of thioether (sulfide) groups is 1. The van der Waals surface area contributed by atoms with Crippen molar-refractivity contribution < 1.29 is 38.2 Å². The molecule has 0 bridgehead atoms. The van der Waals surface area contributed by atoms with Crippen molar-refractivity contribution in [1.82, 2.24) is 15.2 Å². The van der Waals surface area contributed by atoms with Crippen molar-refractivity contribution in [3.8, 4) is 0 Å². The Morgan fingerprint density at radius 1 is 1.45 bits per heavy atom. The SMILES string of the molecule is NC(=O)OCC1=C(C(=O)O)N2C(=O)[C@@H](NC(=O)/C(=N\OCF)c3csc(N)n3)[C@H]2SC1. The van der Waals surface area contributed by atoms with Gasteiger partial charge in [-0.3, -0.25) is 14.5 Å². The number of carbonyl (C=O) groups excluding carboxylic acids is 3. The largest absolute Gasteiger partial charge is 0.477 e. The highest BCUT2D eigenvalue weighted by molar-refractivity contribution is 8.00. The van der Waals surface area contributed by atoms with Crippen LogP contribution in [0.5, 0.6) is 0 Å². The number of carboxylic acids is 1. The van der Waals surface area contributed by atoms with Crippen molar-refractivity contribution in [2.45, 2.75) is 11.4 Å². The summed E-state index contributed by atoms with van der Waals surface area (Å²) in [5.74, 6) is -2.88. The number of rotatable bonds is 8. The predicted octanol–water partition coefficient (Wildman–Crippen LogP) is -0.793. The van der Waals surface area contributed by atoms with Crippen LogP contribution >= 0.6 is 23.1 Å². The van der Waals surface area contributed by atoms with Crippen LogP contribution < -0.4 is 16.8 Å². The third-order valence-corrected chi connectivity index (χ3v) is 6.12. The van der Waals surface area contributed by atoms with Crippen LogP contribution in [0.3, 0.4) is 0 Å². The maximum atomic E-state index is 12.6. The molecule has 1 saturated heterocycles. The number of nitrogens with zero attached hydrogens (tertiary/aromatic N) is 3. The number of carbonyl (C=O) groups is 4. The molecule has 0 aliphatic carbocycles. The first-order valence-corrected chi connectivity index (χ1v) is 10.3. The van der Waals surface area contributed by atoms with E-state index < -0.39 is 47.9 Å².